The van der Waals surface area contributed by atoms with Crippen molar-refractivity contribution < 1.29 is 37.0 Å². The molecule has 0 aliphatic heterocycles. The van der Waals surface area contributed by atoms with E-state index in [4.69, 9.17) is 4.74 Å². The molecule has 2 heterocycles. The number of carboxylic acid groups (broad SMARTS) is 1. The molecular weight excluding hydrogens is 460 g/mol. The zero-order chi connectivity index (χ0) is 25.3. The fraction of sp³-hybridized carbons (Fsp3) is 0.636. The average molecular weight is 488 g/mol. The number of aromatic nitrogens is 3. The van der Waals surface area contributed by atoms with Crippen molar-refractivity contribution in [3.8, 4) is 0 Å². The van der Waals surface area contributed by atoms with E-state index in [9.17, 15) is 32.3 Å². The molecule has 0 saturated heterocycles. The van der Waals surface area contributed by atoms with Gasteiger partial charge in [0.1, 0.15) is 5.60 Å². The first-order valence-corrected chi connectivity index (χ1v) is 11.0. The van der Waals surface area contributed by atoms with Crippen molar-refractivity contribution in [1.82, 2.24) is 19.9 Å². The minimum Gasteiger partial charge on any atom is -0.481 e. The lowest BCUT2D eigenvalue weighted by Crippen LogP contribution is -2.52. The predicted molar refractivity (Wildman–Crippen MR) is 113 cm³/mol. The van der Waals surface area contributed by atoms with Crippen LogP contribution in [-0.2, 0) is 16.0 Å². The normalized spacial score (nSPS) is 21.4. The van der Waals surface area contributed by atoms with Crippen LogP contribution >= 0.6 is 0 Å². The number of amides is 1. The van der Waals surface area contributed by atoms with Gasteiger partial charge < -0.3 is 15.2 Å². The molecule has 1 fully saturated rings. The second-order valence-corrected chi connectivity index (χ2v) is 9.65. The van der Waals surface area contributed by atoms with Crippen LogP contribution in [0.2, 0.25) is 0 Å². The molecule has 3 unspecified atom stereocenters. The van der Waals surface area contributed by atoms with Crippen LogP contribution in [0.1, 0.15) is 63.6 Å². The third kappa shape index (κ3) is 6.57. The number of carboxylic acids is 1. The Labute approximate surface area is 193 Å². The summed E-state index contributed by atoms with van der Waals surface area (Å²) in [7, 11) is 0. The predicted octanol–water partition coefficient (Wildman–Crippen LogP) is 4.42. The number of alkyl carbamates (subject to hydrolysis) is 1. The second-order valence-electron chi connectivity index (χ2n) is 9.65. The van der Waals surface area contributed by atoms with Crippen LogP contribution in [0.15, 0.2) is 18.5 Å². The van der Waals surface area contributed by atoms with E-state index < -0.39 is 54.8 Å². The lowest BCUT2D eigenvalue weighted by atomic mass is 9.81. The van der Waals surface area contributed by atoms with Gasteiger partial charge in [-0.2, -0.15) is 5.10 Å². The molecule has 0 aromatic carbocycles. The van der Waals surface area contributed by atoms with Crippen molar-refractivity contribution in [2.75, 3.05) is 0 Å². The van der Waals surface area contributed by atoms with Gasteiger partial charge in [-0.15, -0.1) is 0 Å². The number of carbonyl (C=O) groups is 2. The Morgan fingerprint density at radius 2 is 2.06 bits per heavy atom. The molecular formula is C22H28F4N4O4. The number of ether oxygens (including phenoxy) is 1. The largest absolute Gasteiger partial charge is 0.481 e. The number of halogens is 4. The zero-order valence-electron chi connectivity index (χ0n) is 19.1. The number of alkyl halides is 4. The zero-order valence-corrected chi connectivity index (χ0v) is 19.1. The number of nitrogens with zero attached hydrogens (tertiary/aromatic N) is 3. The summed E-state index contributed by atoms with van der Waals surface area (Å²) in [5.74, 6) is -6.07. The number of aliphatic carboxylic acids is 1. The minimum absolute atomic E-state index is 0.0221. The first-order chi connectivity index (χ1) is 15.7. The summed E-state index contributed by atoms with van der Waals surface area (Å²) < 4.78 is 60.8. The highest BCUT2D eigenvalue weighted by Gasteiger charge is 2.46. The molecule has 8 nitrogen and oxygen atoms in total. The Kier molecular flexibility index (Phi) is 7.37. The molecule has 12 heteroatoms. The molecule has 0 bridgehead atoms. The topological polar surface area (TPSA) is 106 Å². The Balaban J connectivity index is 1.72. The number of rotatable bonds is 7. The van der Waals surface area contributed by atoms with Gasteiger partial charge in [0.25, 0.3) is 5.92 Å². The van der Waals surface area contributed by atoms with Gasteiger partial charge in [-0.05, 0) is 57.6 Å². The standard InChI is InChI=1S/C22H28F4N4O4/c1-21(2,3)34-20(33)29-16-7-12(4-5-22(16,25)26)6-14-11-30-18(28-14)8-13(10-27-30)15(19(31)32)9-17(23)24/h8,10-12,15-17H,4-7,9H2,1-3H3,(H,29,33)(H,31,32). The smallest absolute Gasteiger partial charge is 0.408 e. The summed E-state index contributed by atoms with van der Waals surface area (Å²) in [6, 6.07) is 0.00745. The van der Waals surface area contributed by atoms with Crippen LogP contribution in [0.5, 0.6) is 0 Å². The fourth-order valence-electron chi connectivity index (χ4n) is 4.08. The third-order valence-corrected chi connectivity index (χ3v) is 5.66. The maximum Gasteiger partial charge on any atom is 0.408 e. The first-order valence-electron chi connectivity index (χ1n) is 11.0. The van der Waals surface area contributed by atoms with Gasteiger partial charge in [-0.3, -0.25) is 4.79 Å². The number of hydrogen-bond acceptors (Lipinski definition) is 5. The van der Waals surface area contributed by atoms with Crippen molar-refractivity contribution in [3.05, 3.63) is 29.7 Å². The van der Waals surface area contributed by atoms with E-state index in [1.807, 2.05) is 0 Å². The molecule has 2 aromatic rings. The van der Waals surface area contributed by atoms with Crippen LogP contribution in [0.25, 0.3) is 5.65 Å². The van der Waals surface area contributed by atoms with Crippen LogP contribution < -0.4 is 5.32 Å². The second kappa shape index (κ2) is 9.75. The molecule has 1 saturated carbocycles. The highest BCUT2D eigenvalue weighted by atomic mass is 19.3. The third-order valence-electron chi connectivity index (χ3n) is 5.66. The Bertz CT molecular complexity index is 1040. The SMILES string of the molecule is CC(C)(C)OC(=O)NC1CC(Cc2cn3ncc(C(CC(F)F)C(=O)O)cc3n2)CCC1(F)F. The van der Waals surface area contributed by atoms with Crippen LogP contribution in [-0.4, -0.2) is 55.8 Å². The molecule has 2 aromatic heterocycles. The molecule has 0 spiro atoms. The molecule has 2 N–H and O–H groups in total. The quantitative estimate of drug-likeness (QED) is 0.559. The van der Waals surface area contributed by atoms with Gasteiger partial charge in [-0.25, -0.2) is 31.9 Å². The van der Waals surface area contributed by atoms with E-state index in [2.05, 4.69) is 15.4 Å². The Morgan fingerprint density at radius 3 is 2.68 bits per heavy atom. The molecule has 34 heavy (non-hydrogen) atoms. The van der Waals surface area contributed by atoms with Gasteiger partial charge in [0.05, 0.1) is 30.0 Å². The Morgan fingerprint density at radius 1 is 1.35 bits per heavy atom. The van der Waals surface area contributed by atoms with E-state index >= 15 is 0 Å². The van der Waals surface area contributed by atoms with Gasteiger partial charge in [0.15, 0.2) is 5.65 Å². The summed E-state index contributed by atoms with van der Waals surface area (Å²) in [5, 5.41) is 15.6. The first kappa shape index (κ1) is 25.7. The van der Waals surface area contributed by atoms with Crippen molar-refractivity contribution >= 4 is 17.7 Å². The highest BCUT2D eigenvalue weighted by Crippen LogP contribution is 2.38. The van der Waals surface area contributed by atoms with Crippen molar-refractivity contribution in [2.24, 2.45) is 5.92 Å². The summed E-state index contributed by atoms with van der Waals surface area (Å²) in [4.78, 5) is 27.8. The fourth-order valence-corrected chi connectivity index (χ4v) is 4.08. The van der Waals surface area contributed by atoms with E-state index in [-0.39, 0.29) is 30.0 Å². The lowest BCUT2D eigenvalue weighted by molar-refractivity contribution is -0.139. The lowest BCUT2D eigenvalue weighted by Gasteiger charge is -2.36. The molecule has 1 amide bonds. The molecule has 188 valence electrons. The maximum atomic E-state index is 14.4. The molecule has 0 radical (unpaired) electrons. The number of carbonyl (C=O) groups excluding carboxylic acids is 1. The number of fused-ring (bicyclic) bond motifs is 1. The average Bonchev–Trinajstić information content (AvgIpc) is 3.08. The molecule has 1 aliphatic rings. The number of nitrogens with one attached hydrogen (secondary N) is 1. The molecule has 3 atom stereocenters. The van der Waals surface area contributed by atoms with Crippen LogP contribution in [0.4, 0.5) is 22.4 Å². The van der Waals surface area contributed by atoms with E-state index in [1.54, 1.807) is 27.0 Å². The van der Waals surface area contributed by atoms with Gasteiger partial charge >= 0.3 is 12.1 Å². The van der Waals surface area contributed by atoms with Crippen LogP contribution in [0.3, 0.4) is 0 Å². The maximum absolute atomic E-state index is 14.4. The number of imidazole rings is 1. The summed E-state index contributed by atoms with van der Waals surface area (Å²) >= 11 is 0. The summed E-state index contributed by atoms with van der Waals surface area (Å²) in [6.07, 6.45) is -1.56. The summed E-state index contributed by atoms with van der Waals surface area (Å²) in [5.41, 5.74) is 0.107. The van der Waals surface area contributed by atoms with Crippen LogP contribution in [0, 0.1) is 5.92 Å². The van der Waals surface area contributed by atoms with E-state index in [0.717, 1.165) is 0 Å². The van der Waals surface area contributed by atoms with Gasteiger partial charge in [0, 0.05) is 12.8 Å². The van der Waals surface area contributed by atoms with Crippen molar-refractivity contribution in [3.63, 3.8) is 0 Å². The van der Waals surface area contributed by atoms with Gasteiger partial charge in [0.2, 0.25) is 6.43 Å². The van der Waals surface area contributed by atoms with E-state index in [0.29, 0.717) is 12.1 Å². The summed E-state index contributed by atoms with van der Waals surface area (Å²) in [6.45, 7) is 4.93. The molecule has 1 aliphatic carbocycles. The van der Waals surface area contributed by atoms with Gasteiger partial charge in [-0.1, -0.05) is 0 Å². The minimum atomic E-state index is -3.07. The van der Waals surface area contributed by atoms with E-state index in [1.165, 1.54) is 16.8 Å². The highest BCUT2D eigenvalue weighted by molar-refractivity contribution is 5.76. The monoisotopic (exact) mass is 488 g/mol. The Hall–Kier alpha value is -2.92. The van der Waals surface area contributed by atoms with Crippen molar-refractivity contribution in [1.29, 1.82) is 0 Å². The van der Waals surface area contributed by atoms with Crippen molar-refractivity contribution in [2.45, 2.75) is 82.8 Å². The molecule has 3 rings (SSSR count). The number of hydrogen-bond donors (Lipinski definition) is 2.